The predicted octanol–water partition coefficient (Wildman–Crippen LogP) is 2.78. The molecule has 1 saturated carbocycles. The number of piperidine rings is 1. The van der Waals surface area contributed by atoms with E-state index in [1.54, 1.807) is 0 Å². The van der Waals surface area contributed by atoms with E-state index in [1.807, 2.05) is 0 Å². The summed E-state index contributed by atoms with van der Waals surface area (Å²) in [4.78, 5) is 14.6. The summed E-state index contributed by atoms with van der Waals surface area (Å²) in [5.74, 6) is 0.00477. The molecule has 4 nitrogen and oxygen atoms in total. The van der Waals surface area contributed by atoms with Gasteiger partial charge in [0.25, 0.3) is 0 Å². The highest BCUT2D eigenvalue weighted by Gasteiger charge is 2.34. The average Bonchev–Trinajstić information content (AvgIpc) is 2.94. The Bertz CT molecular complexity index is 535. The molecule has 1 atom stereocenters. The third-order valence-corrected chi connectivity index (χ3v) is 5.21. The van der Waals surface area contributed by atoms with E-state index in [9.17, 15) is 9.90 Å². The van der Waals surface area contributed by atoms with Gasteiger partial charge < -0.3 is 15.3 Å². The Kier molecular flexibility index (Phi) is 4.90. The lowest BCUT2D eigenvalue weighted by Crippen LogP contribution is -2.49. The van der Waals surface area contributed by atoms with E-state index in [4.69, 9.17) is 0 Å². The quantitative estimate of drug-likeness (QED) is 0.898. The van der Waals surface area contributed by atoms with Crippen LogP contribution in [0.4, 0.5) is 5.69 Å². The van der Waals surface area contributed by atoms with Crippen LogP contribution >= 0.6 is 0 Å². The van der Waals surface area contributed by atoms with Crippen LogP contribution in [0.1, 0.15) is 50.5 Å². The molecule has 0 bridgehead atoms. The molecule has 126 valence electrons. The molecule has 0 spiro atoms. The first-order valence-corrected chi connectivity index (χ1v) is 8.87. The summed E-state index contributed by atoms with van der Waals surface area (Å²) in [6, 6.07) is 8.75. The van der Waals surface area contributed by atoms with Crippen molar-refractivity contribution in [3.8, 4) is 0 Å². The number of nitrogens with one attached hydrogen (secondary N) is 1. The van der Waals surface area contributed by atoms with Gasteiger partial charge in [0.05, 0.1) is 12.0 Å². The number of aryl methyl sites for hydroxylation is 1. The zero-order valence-electron chi connectivity index (χ0n) is 14.1. The van der Waals surface area contributed by atoms with Crippen molar-refractivity contribution < 1.29 is 9.90 Å². The maximum atomic E-state index is 12.3. The first kappa shape index (κ1) is 16.3. The molecule has 1 aromatic rings. The molecule has 1 amide bonds. The van der Waals surface area contributed by atoms with Crippen LogP contribution in [0.25, 0.3) is 0 Å². The van der Waals surface area contributed by atoms with E-state index < -0.39 is 5.60 Å². The van der Waals surface area contributed by atoms with Crippen LogP contribution in [-0.2, 0) is 4.79 Å². The highest BCUT2D eigenvalue weighted by atomic mass is 16.3. The fourth-order valence-electron chi connectivity index (χ4n) is 3.87. The van der Waals surface area contributed by atoms with Crippen LogP contribution in [0, 0.1) is 6.92 Å². The molecule has 0 radical (unpaired) electrons. The second-order valence-electron chi connectivity index (χ2n) is 7.30. The molecule has 1 aromatic carbocycles. The van der Waals surface area contributed by atoms with Gasteiger partial charge in [0.2, 0.25) is 5.91 Å². The number of anilines is 1. The van der Waals surface area contributed by atoms with Crippen LogP contribution in [-0.4, -0.2) is 35.7 Å². The molecule has 1 aliphatic carbocycles. The number of rotatable bonds is 4. The summed E-state index contributed by atoms with van der Waals surface area (Å²) in [7, 11) is 0. The van der Waals surface area contributed by atoms with Crippen molar-refractivity contribution in [2.24, 2.45) is 0 Å². The van der Waals surface area contributed by atoms with Gasteiger partial charge in [0.15, 0.2) is 0 Å². The van der Waals surface area contributed by atoms with E-state index in [2.05, 4.69) is 41.4 Å². The molecule has 1 heterocycles. The normalized spacial score (nSPS) is 23.7. The van der Waals surface area contributed by atoms with E-state index in [-0.39, 0.29) is 18.4 Å². The molecule has 1 saturated heterocycles. The van der Waals surface area contributed by atoms with Crippen molar-refractivity contribution in [2.45, 2.75) is 63.5 Å². The number of hydrogen-bond donors (Lipinski definition) is 2. The standard InChI is InChI=1S/C19H28N2O2/c1-15-6-8-17(9-7-15)21-12-4-5-16(14-21)20-18(22)13-19(23)10-2-3-11-19/h6-9,16,23H,2-5,10-14H2,1H3,(H,20,22). The van der Waals surface area contributed by atoms with Gasteiger partial charge in [0, 0.05) is 24.8 Å². The number of carbonyl (C=O) groups excluding carboxylic acids is 1. The van der Waals surface area contributed by atoms with Crippen LogP contribution in [0.5, 0.6) is 0 Å². The number of benzene rings is 1. The minimum Gasteiger partial charge on any atom is -0.389 e. The summed E-state index contributed by atoms with van der Waals surface area (Å²) in [6.45, 7) is 3.99. The summed E-state index contributed by atoms with van der Waals surface area (Å²) < 4.78 is 0. The lowest BCUT2D eigenvalue weighted by Gasteiger charge is -2.35. The van der Waals surface area contributed by atoms with Gasteiger partial charge in [-0.3, -0.25) is 4.79 Å². The minimum absolute atomic E-state index is 0.00477. The minimum atomic E-state index is -0.755. The summed E-state index contributed by atoms with van der Waals surface area (Å²) in [5.41, 5.74) is 1.74. The fourth-order valence-corrected chi connectivity index (χ4v) is 3.87. The van der Waals surface area contributed by atoms with Gasteiger partial charge in [-0.25, -0.2) is 0 Å². The Morgan fingerprint density at radius 1 is 1.26 bits per heavy atom. The van der Waals surface area contributed by atoms with E-state index in [0.717, 1.165) is 51.6 Å². The summed E-state index contributed by atoms with van der Waals surface area (Å²) in [6.07, 6.45) is 5.97. The van der Waals surface area contributed by atoms with Gasteiger partial charge in [-0.2, -0.15) is 0 Å². The first-order chi connectivity index (χ1) is 11.0. The Morgan fingerprint density at radius 2 is 1.96 bits per heavy atom. The molecular weight excluding hydrogens is 288 g/mol. The maximum absolute atomic E-state index is 12.3. The van der Waals surface area contributed by atoms with Gasteiger partial charge in [-0.1, -0.05) is 30.5 Å². The first-order valence-electron chi connectivity index (χ1n) is 8.87. The monoisotopic (exact) mass is 316 g/mol. The van der Waals surface area contributed by atoms with Crippen molar-refractivity contribution in [2.75, 3.05) is 18.0 Å². The largest absolute Gasteiger partial charge is 0.389 e. The van der Waals surface area contributed by atoms with E-state index >= 15 is 0 Å². The van der Waals surface area contributed by atoms with Crippen LogP contribution in [0.15, 0.2) is 24.3 Å². The smallest absolute Gasteiger partial charge is 0.223 e. The number of aliphatic hydroxyl groups is 1. The number of hydrogen-bond acceptors (Lipinski definition) is 3. The van der Waals surface area contributed by atoms with Crippen molar-refractivity contribution >= 4 is 11.6 Å². The predicted molar refractivity (Wildman–Crippen MR) is 92.6 cm³/mol. The zero-order valence-corrected chi connectivity index (χ0v) is 14.1. The third kappa shape index (κ3) is 4.25. The van der Waals surface area contributed by atoms with Gasteiger partial charge in [-0.05, 0) is 44.7 Å². The Labute approximate surface area is 138 Å². The summed E-state index contributed by atoms with van der Waals surface area (Å²) in [5, 5.41) is 13.5. The van der Waals surface area contributed by atoms with Crippen molar-refractivity contribution in [3.05, 3.63) is 29.8 Å². The molecule has 1 unspecified atom stereocenters. The van der Waals surface area contributed by atoms with Crippen LogP contribution < -0.4 is 10.2 Å². The molecule has 4 heteroatoms. The number of nitrogens with zero attached hydrogens (tertiary/aromatic N) is 1. The summed E-state index contributed by atoms with van der Waals surface area (Å²) >= 11 is 0. The second kappa shape index (κ2) is 6.91. The SMILES string of the molecule is Cc1ccc(N2CCCC(NC(=O)CC3(O)CCCC3)C2)cc1. The van der Waals surface area contributed by atoms with Crippen molar-refractivity contribution in [1.29, 1.82) is 0 Å². The molecule has 1 aliphatic heterocycles. The molecule has 23 heavy (non-hydrogen) atoms. The van der Waals surface area contributed by atoms with Crippen LogP contribution in [0.3, 0.4) is 0 Å². The van der Waals surface area contributed by atoms with Crippen molar-refractivity contribution in [3.63, 3.8) is 0 Å². The molecule has 2 N–H and O–H groups in total. The molecule has 2 aliphatic rings. The Balaban J connectivity index is 1.54. The number of amides is 1. The van der Waals surface area contributed by atoms with Gasteiger partial charge >= 0.3 is 0 Å². The third-order valence-electron chi connectivity index (χ3n) is 5.21. The maximum Gasteiger partial charge on any atom is 0.223 e. The van der Waals surface area contributed by atoms with Gasteiger partial charge in [0.1, 0.15) is 0 Å². The zero-order chi connectivity index (χ0) is 16.3. The molecule has 2 fully saturated rings. The highest BCUT2D eigenvalue weighted by Crippen LogP contribution is 2.32. The Hall–Kier alpha value is -1.55. The second-order valence-corrected chi connectivity index (χ2v) is 7.30. The fraction of sp³-hybridized carbons (Fsp3) is 0.632. The molecule has 3 rings (SSSR count). The van der Waals surface area contributed by atoms with Gasteiger partial charge in [-0.15, -0.1) is 0 Å². The lowest BCUT2D eigenvalue weighted by molar-refractivity contribution is -0.126. The number of carbonyl (C=O) groups is 1. The Morgan fingerprint density at radius 3 is 2.65 bits per heavy atom. The molecule has 0 aromatic heterocycles. The highest BCUT2D eigenvalue weighted by molar-refractivity contribution is 5.77. The lowest BCUT2D eigenvalue weighted by atomic mass is 9.97. The van der Waals surface area contributed by atoms with E-state index in [1.165, 1.54) is 11.3 Å². The van der Waals surface area contributed by atoms with Crippen LogP contribution in [0.2, 0.25) is 0 Å². The topological polar surface area (TPSA) is 52.6 Å². The molecular formula is C19H28N2O2. The van der Waals surface area contributed by atoms with E-state index in [0.29, 0.717) is 0 Å². The average molecular weight is 316 g/mol. The van der Waals surface area contributed by atoms with Crippen molar-refractivity contribution in [1.82, 2.24) is 5.32 Å².